The minimum atomic E-state index is -1.24. The molecule has 0 heterocycles. The van der Waals surface area contributed by atoms with E-state index in [-0.39, 0.29) is 0 Å². The Morgan fingerprint density at radius 1 is 0.909 bits per heavy atom. The minimum absolute atomic E-state index is 0.593. The highest BCUT2D eigenvalue weighted by molar-refractivity contribution is 5.85. The Morgan fingerprint density at radius 2 is 1.64 bits per heavy atom. The summed E-state index contributed by atoms with van der Waals surface area (Å²) in [5, 5.41) is 12.8. The van der Waals surface area contributed by atoms with Crippen molar-refractivity contribution in [2.45, 2.75) is 0 Å². The van der Waals surface area contributed by atoms with Crippen LogP contribution in [0.3, 0.4) is 0 Å². The second-order valence-corrected chi connectivity index (χ2v) is 4.80. The van der Waals surface area contributed by atoms with Crippen LogP contribution in [0.5, 0.6) is 11.5 Å². The minimum Gasteiger partial charge on any atom is -0.545 e. The number of carbonyl (C=O) groups is 1. The molecule has 3 rings (SSSR count). The first-order valence-corrected chi connectivity index (χ1v) is 6.87. The van der Waals surface area contributed by atoms with E-state index in [4.69, 9.17) is 4.74 Å². The van der Waals surface area contributed by atoms with Crippen LogP contribution in [-0.4, -0.2) is 5.97 Å². The van der Waals surface area contributed by atoms with E-state index in [1.807, 2.05) is 54.6 Å². The summed E-state index contributed by atoms with van der Waals surface area (Å²) in [5.41, 5.74) is 0.680. The smallest absolute Gasteiger partial charge is 0.134 e. The van der Waals surface area contributed by atoms with Gasteiger partial charge in [0.05, 0.1) is 5.97 Å². The Bertz CT molecular complexity index is 850. The topological polar surface area (TPSA) is 49.4 Å². The Morgan fingerprint density at radius 3 is 2.45 bits per heavy atom. The summed E-state index contributed by atoms with van der Waals surface area (Å²) in [4.78, 5) is 10.5. The van der Waals surface area contributed by atoms with Crippen LogP contribution in [0.1, 0.15) is 5.56 Å². The van der Waals surface area contributed by atoms with Crippen molar-refractivity contribution in [3.63, 3.8) is 0 Å². The maximum absolute atomic E-state index is 10.5. The fourth-order valence-electron chi connectivity index (χ4n) is 2.23. The van der Waals surface area contributed by atoms with Crippen molar-refractivity contribution in [1.29, 1.82) is 0 Å². The van der Waals surface area contributed by atoms with Crippen LogP contribution in [0.4, 0.5) is 0 Å². The quantitative estimate of drug-likeness (QED) is 0.692. The van der Waals surface area contributed by atoms with E-state index in [1.54, 1.807) is 12.1 Å². The van der Waals surface area contributed by atoms with Crippen molar-refractivity contribution in [3.8, 4) is 11.5 Å². The number of carbonyl (C=O) groups excluding carboxylic acids is 1. The van der Waals surface area contributed by atoms with Crippen molar-refractivity contribution < 1.29 is 14.6 Å². The standard InChI is InChI=1S/C19H14O3/c20-19(21)12-10-15-6-3-4-8-18(15)22-17-11-9-14-5-1-2-7-16(14)13-17/h1-13H,(H,20,21)/p-1/b12-10+. The molecule has 22 heavy (non-hydrogen) atoms. The van der Waals surface area contributed by atoms with Gasteiger partial charge >= 0.3 is 0 Å². The second-order valence-electron chi connectivity index (χ2n) is 4.80. The average molecular weight is 289 g/mol. The summed E-state index contributed by atoms with van der Waals surface area (Å²) in [6, 6.07) is 21.1. The highest BCUT2D eigenvalue weighted by Crippen LogP contribution is 2.28. The lowest BCUT2D eigenvalue weighted by atomic mass is 10.1. The molecule has 0 amide bonds. The van der Waals surface area contributed by atoms with Crippen molar-refractivity contribution in [3.05, 3.63) is 78.4 Å². The maximum atomic E-state index is 10.5. The molecule has 3 heteroatoms. The molecular formula is C19H13O3-. The molecule has 108 valence electrons. The van der Waals surface area contributed by atoms with Crippen molar-refractivity contribution >= 4 is 22.8 Å². The van der Waals surface area contributed by atoms with Crippen LogP contribution in [0.2, 0.25) is 0 Å². The van der Waals surface area contributed by atoms with Gasteiger partial charge in [-0.05, 0) is 41.1 Å². The molecule has 0 spiro atoms. The van der Waals surface area contributed by atoms with Crippen LogP contribution in [0, 0.1) is 0 Å². The number of hydrogen-bond donors (Lipinski definition) is 0. The van der Waals surface area contributed by atoms with E-state index >= 15 is 0 Å². The van der Waals surface area contributed by atoms with Gasteiger partial charge in [-0.1, -0.05) is 48.5 Å². The molecule has 3 nitrogen and oxygen atoms in total. The van der Waals surface area contributed by atoms with Crippen LogP contribution in [0.25, 0.3) is 16.8 Å². The number of para-hydroxylation sites is 1. The van der Waals surface area contributed by atoms with E-state index in [0.29, 0.717) is 17.1 Å². The van der Waals surface area contributed by atoms with Gasteiger partial charge in [0.1, 0.15) is 11.5 Å². The number of hydrogen-bond acceptors (Lipinski definition) is 3. The van der Waals surface area contributed by atoms with E-state index in [1.165, 1.54) is 6.08 Å². The highest BCUT2D eigenvalue weighted by Gasteiger charge is 2.03. The predicted octanol–water partition coefficient (Wildman–Crippen LogP) is 3.40. The first-order chi connectivity index (χ1) is 10.7. The Labute approximate surface area is 128 Å². The number of ether oxygens (including phenoxy) is 1. The third kappa shape index (κ3) is 3.15. The zero-order valence-corrected chi connectivity index (χ0v) is 11.7. The molecule has 0 aliphatic rings. The Hall–Kier alpha value is -3.07. The van der Waals surface area contributed by atoms with Gasteiger partial charge in [0.2, 0.25) is 0 Å². The lowest BCUT2D eigenvalue weighted by Gasteiger charge is -2.09. The summed E-state index contributed by atoms with van der Waals surface area (Å²) in [7, 11) is 0. The third-order valence-corrected chi connectivity index (χ3v) is 3.27. The maximum Gasteiger partial charge on any atom is 0.134 e. The Balaban J connectivity index is 1.93. The number of benzene rings is 3. The normalized spacial score (nSPS) is 10.9. The van der Waals surface area contributed by atoms with Crippen molar-refractivity contribution in [1.82, 2.24) is 0 Å². The van der Waals surface area contributed by atoms with Gasteiger partial charge < -0.3 is 14.6 Å². The van der Waals surface area contributed by atoms with Gasteiger partial charge in [0.15, 0.2) is 0 Å². The monoisotopic (exact) mass is 289 g/mol. The highest BCUT2D eigenvalue weighted by atomic mass is 16.5. The molecule has 3 aromatic rings. The largest absolute Gasteiger partial charge is 0.545 e. The van der Waals surface area contributed by atoms with Gasteiger partial charge in [0.25, 0.3) is 0 Å². The molecule has 3 aromatic carbocycles. The lowest BCUT2D eigenvalue weighted by molar-refractivity contribution is -0.297. The molecule has 0 aromatic heterocycles. The molecular weight excluding hydrogens is 276 g/mol. The lowest BCUT2D eigenvalue weighted by Crippen LogP contribution is -2.18. The van der Waals surface area contributed by atoms with Crippen molar-refractivity contribution in [2.75, 3.05) is 0 Å². The second kappa shape index (κ2) is 6.14. The average Bonchev–Trinajstić information content (AvgIpc) is 2.54. The molecule has 0 atom stereocenters. The number of fused-ring (bicyclic) bond motifs is 1. The van der Waals surface area contributed by atoms with Gasteiger partial charge in [-0.3, -0.25) is 0 Å². The zero-order valence-electron chi connectivity index (χ0n) is 11.7. The van der Waals surface area contributed by atoms with Gasteiger partial charge in [-0.15, -0.1) is 0 Å². The number of carboxylic acid groups (broad SMARTS) is 1. The first kappa shape index (κ1) is 13.9. The number of rotatable bonds is 4. The molecule has 0 aliphatic carbocycles. The summed E-state index contributed by atoms with van der Waals surface area (Å²) >= 11 is 0. The van der Waals surface area contributed by atoms with E-state index < -0.39 is 5.97 Å². The molecule has 0 radical (unpaired) electrons. The summed E-state index contributed by atoms with van der Waals surface area (Å²) in [5.74, 6) is 0.0591. The van der Waals surface area contributed by atoms with E-state index in [9.17, 15) is 9.90 Å². The molecule has 0 fully saturated rings. The van der Waals surface area contributed by atoms with Gasteiger partial charge in [-0.25, -0.2) is 0 Å². The van der Waals surface area contributed by atoms with Crippen LogP contribution in [-0.2, 0) is 4.79 Å². The van der Waals surface area contributed by atoms with E-state index in [2.05, 4.69) is 0 Å². The van der Waals surface area contributed by atoms with Gasteiger partial charge in [0, 0.05) is 5.56 Å². The molecule has 0 N–H and O–H groups in total. The third-order valence-electron chi connectivity index (χ3n) is 3.27. The fourth-order valence-corrected chi connectivity index (χ4v) is 2.23. The van der Waals surface area contributed by atoms with Gasteiger partial charge in [-0.2, -0.15) is 0 Å². The van der Waals surface area contributed by atoms with E-state index in [0.717, 1.165) is 16.8 Å². The molecule has 0 bridgehead atoms. The van der Waals surface area contributed by atoms with Crippen LogP contribution in [0.15, 0.2) is 72.8 Å². The van der Waals surface area contributed by atoms with Crippen LogP contribution < -0.4 is 9.84 Å². The van der Waals surface area contributed by atoms with Crippen LogP contribution >= 0.6 is 0 Å². The molecule has 0 saturated carbocycles. The van der Waals surface area contributed by atoms with Crippen molar-refractivity contribution in [2.24, 2.45) is 0 Å². The first-order valence-electron chi connectivity index (χ1n) is 6.87. The SMILES string of the molecule is O=C([O-])/C=C/c1ccccc1Oc1ccc2ccccc2c1. The summed E-state index contributed by atoms with van der Waals surface area (Å²) in [6.07, 6.45) is 2.45. The summed E-state index contributed by atoms with van der Waals surface area (Å²) < 4.78 is 5.89. The predicted molar refractivity (Wildman–Crippen MR) is 84.5 cm³/mol. The molecule has 0 aliphatic heterocycles. The summed E-state index contributed by atoms with van der Waals surface area (Å²) in [6.45, 7) is 0. The number of carboxylic acids is 1. The zero-order chi connectivity index (χ0) is 15.4. The fraction of sp³-hybridized carbons (Fsp3) is 0. The number of aliphatic carboxylic acids is 1. The Kier molecular flexibility index (Phi) is 3.88. The molecule has 0 saturated heterocycles. The molecule has 0 unspecified atom stereocenters.